The molecule has 1 aromatic rings. The van der Waals surface area contributed by atoms with Crippen LogP contribution in [-0.4, -0.2) is 29.6 Å². The van der Waals surface area contributed by atoms with Gasteiger partial charge in [0, 0.05) is 18.9 Å². The number of carbonyl (C=O) groups is 2. The minimum atomic E-state index is -0.806. The number of hydrogen-bond acceptors (Lipinski definition) is 4. The molecule has 0 aliphatic heterocycles. The molecule has 0 saturated heterocycles. The standard InChI is InChI=1S/C17H23NO4/c1-3-9-18-15-8-7-13-12(14(15)10-17(20)21)5-4-6-16(13)22-11(2)19/h4-6,14-15,18H,3,7-10H2,1-2H3,(H,20,21). The summed E-state index contributed by atoms with van der Waals surface area (Å²) in [5.41, 5.74) is 1.96. The number of benzene rings is 1. The van der Waals surface area contributed by atoms with Crippen molar-refractivity contribution in [3.8, 4) is 5.75 Å². The minimum Gasteiger partial charge on any atom is -0.481 e. The van der Waals surface area contributed by atoms with Crippen molar-refractivity contribution in [2.75, 3.05) is 6.54 Å². The molecule has 5 heteroatoms. The number of carbonyl (C=O) groups excluding carboxylic acids is 1. The van der Waals surface area contributed by atoms with Crippen LogP contribution in [0.15, 0.2) is 18.2 Å². The van der Waals surface area contributed by atoms with Gasteiger partial charge in [-0.15, -0.1) is 0 Å². The Kier molecular flexibility index (Phi) is 5.55. The lowest BCUT2D eigenvalue weighted by Gasteiger charge is -2.34. The number of fused-ring (bicyclic) bond motifs is 1. The third-order valence-electron chi connectivity index (χ3n) is 4.06. The zero-order chi connectivity index (χ0) is 16.1. The molecule has 0 fully saturated rings. The molecule has 22 heavy (non-hydrogen) atoms. The van der Waals surface area contributed by atoms with E-state index in [0.29, 0.717) is 5.75 Å². The first kappa shape index (κ1) is 16.5. The summed E-state index contributed by atoms with van der Waals surface area (Å²) in [6.07, 6.45) is 2.73. The van der Waals surface area contributed by atoms with Crippen LogP contribution in [0.5, 0.6) is 5.75 Å². The number of carboxylic acid groups (broad SMARTS) is 1. The first-order valence-electron chi connectivity index (χ1n) is 7.78. The number of hydrogen-bond donors (Lipinski definition) is 2. The van der Waals surface area contributed by atoms with Crippen LogP contribution in [0.25, 0.3) is 0 Å². The van der Waals surface area contributed by atoms with E-state index in [9.17, 15) is 14.7 Å². The second-order valence-corrected chi connectivity index (χ2v) is 5.72. The van der Waals surface area contributed by atoms with Crippen molar-refractivity contribution in [2.45, 2.75) is 51.5 Å². The Morgan fingerprint density at radius 2 is 2.18 bits per heavy atom. The first-order chi connectivity index (χ1) is 10.5. The summed E-state index contributed by atoms with van der Waals surface area (Å²) < 4.78 is 5.28. The molecular weight excluding hydrogens is 282 g/mol. The molecule has 0 saturated carbocycles. The number of rotatable bonds is 6. The van der Waals surface area contributed by atoms with Crippen molar-refractivity contribution in [1.82, 2.24) is 5.32 Å². The Balaban J connectivity index is 2.33. The van der Waals surface area contributed by atoms with Gasteiger partial charge in [0.05, 0.1) is 6.42 Å². The maximum absolute atomic E-state index is 11.2. The van der Waals surface area contributed by atoms with E-state index in [-0.39, 0.29) is 24.3 Å². The van der Waals surface area contributed by atoms with Gasteiger partial charge in [0.15, 0.2) is 0 Å². The van der Waals surface area contributed by atoms with Crippen LogP contribution in [-0.2, 0) is 16.0 Å². The average Bonchev–Trinajstić information content (AvgIpc) is 2.45. The third kappa shape index (κ3) is 3.85. The van der Waals surface area contributed by atoms with Crippen molar-refractivity contribution < 1.29 is 19.4 Å². The highest BCUT2D eigenvalue weighted by Crippen LogP contribution is 2.38. The lowest BCUT2D eigenvalue weighted by atomic mass is 9.77. The predicted octanol–water partition coefficient (Wildman–Crippen LogP) is 2.48. The second kappa shape index (κ2) is 7.40. The van der Waals surface area contributed by atoms with E-state index in [0.717, 1.165) is 36.9 Å². The monoisotopic (exact) mass is 305 g/mol. The molecule has 5 nitrogen and oxygen atoms in total. The Bertz CT molecular complexity index is 556. The Morgan fingerprint density at radius 1 is 1.41 bits per heavy atom. The Morgan fingerprint density at radius 3 is 2.82 bits per heavy atom. The SMILES string of the molecule is CCCNC1CCc2c(OC(C)=O)cccc2C1CC(=O)O. The van der Waals surface area contributed by atoms with E-state index in [4.69, 9.17) is 4.74 Å². The van der Waals surface area contributed by atoms with Crippen LogP contribution < -0.4 is 10.1 Å². The van der Waals surface area contributed by atoms with Crippen molar-refractivity contribution in [3.63, 3.8) is 0 Å². The van der Waals surface area contributed by atoms with Gasteiger partial charge >= 0.3 is 11.9 Å². The topological polar surface area (TPSA) is 75.6 Å². The zero-order valence-electron chi connectivity index (χ0n) is 13.1. The first-order valence-corrected chi connectivity index (χ1v) is 7.78. The molecular formula is C17H23NO4. The van der Waals surface area contributed by atoms with Gasteiger partial charge in [0.25, 0.3) is 0 Å². The van der Waals surface area contributed by atoms with Gasteiger partial charge in [-0.25, -0.2) is 0 Å². The van der Waals surface area contributed by atoms with E-state index in [1.807, 2.05) is 12.1 Å². The number of carboxylic acids is 1. The molecule has 1 aliphatic rings. The molecule has 2 atom stereocenters. The fourth-order valence-electron chi connectivity index (χ4n) is 3.18. The smallest absolute Gasteiger partial charge is 0.308 e. The summed E-state index contributed by atoms with van der Waals surface area (Å²) in [7, 11) is 0. The Labute approximate surface area is 130 Å². The van der Waals surface area contributed by atoms with Crippen molar-refractivity contribution >= 4 is 11.9 Å². The molecule has 0 bridgehead atoms. The molecule has 0 radical (unpaired) electrons. The van der Waals surface area contributed by atoms with Crippen molar-refractivity contribution in [2.24, 2.45) is 0 Å². The van der Waals surface area contributed by atoms with Gasteiger partial charge in [0.2, 0.25) is 0 Å². The molecule has 2 N–H and O–H groups in total. The van der Waals surface area contributed by atoms with Crippen LogP contribution in [0.4, 0.5) is 0 Å². The maximum Gasteiger partial charge on any atom is 0.308 e. The maximum atomic E-state index is 11.2. The summed E-state index contributed by atoms with van der Waals surface area (Å²) in [6.45, 7) is 4.34. The third-order valence-corrected chi connectivity index (χ3v) is 4.06. The van der Waals surface area contributed by atoms with Crippen LogP contribution in [0.1, 0.15) is 50.2 Å². The zero-order valence-corrected chi connectivity index (χ0v) is 13.1. The van der Waals surface area contributed by atoms with Gasteiger partial charge in [-0.1, -0.05) is 19.1 Å². The lowest BCUT2D eigenvalue weighted by Crippen LogP contribution is -2.39. The molecule has 1 aromatic carbocycles. The minimum absolute atomic E-state index is 0.0813. The highest BCUT2D eigenvalue weighted by atomic mass is 16.5. The quantitative estimate of drug-likeness (QED) is 0.624. The number of esters is 1. The summed E-state index contributed by atoms with van der Waals surface area (Å²) in [4.78, 5) is 22.5. The van der Waals surface area contributed by atoms with Crippen LogP contribution in [0.2, 0.25) is 0 Å². The molecule has 1 aliphatic carbocycles. The molecule has 2 rings (SSSR count). The van der Waals surface area contributed by atoms with E-state index in [1.165, 1.54) is 6.92 Å². The van der Waals surface area contributed by atoms with Gasteiger partial charge in [-0.05, 0) is 43.0 Å². The molecule has 0 amide bonds. The van der Waals surface area contributed by atoms with Crippen LogP contribution >= 0.6 is 0 Å². The molecule has 0 spiro atoms. The summed E-state index contributed by atoms with van der Waals surface area (Å²) in [6, 6.07) is 5.71. The summed E-state index contributed by atoms with van der Waals surface area (Å²) in [5.74, 6) is -0.689. The number of aliphatic carboxylic acids is 1. The van der Waals surface area contributed by atoms with E-state index >= 15 is 0 Å². The summed E-state index contributed by atoms with van der Waals surface area (Å²) in [5, 5.41) is 12.7. The fourth-order valence-corrected chi connectivity index (χ4v) is 3.18. The van der Waals surface area contributed by atoms with Gasteiger partial charge in [-0.2, -0.15) is 0 Å². The Hall–Kier alpha value is -1.88. The predicted molar refractivity (Wildman–Crippen MR) is 83.1 cm³/mol. The molecule has 0 aromatic heterocycles. The van der Waals surface area contributed by atoms with E-state index < -0.39 is 5.97 Å². The van der Waals surface area contributed by atoms with E-state index in [1.54, 1.807) is 6.07 Å². The number of ether oxygens (including phenoxy) is 1. The van der Waals surface area contributed by atoms with Crippen LogP contribution in [0.3, 0.4) is 0 Å². The largest absolute Gasteiger partial charge is 0.481 e. The lowest BCUT2D eigenvalue weighted by molar-refractivity contribution is -0.137. The average molecular weight is 305 g/mol. The van der Waals surface area contributed by atoms with Gasteiger partial charge < -0.3 is 15.2 Å². The summed E-state index contributed by atoms with van der Waals surface area (Å²) >= 11 is 0. The van der Waals surface area contributed by atoms with Crippen molar-refractivity contribution in [1.29, 1.82) is 0 Å². The molecule has 0 heterocycles. The highest BCUT2D eigenvalue weighted by molar-refractivity contribution is 5.71. The number of nitrogens with one attached hydrogen (secondary N) is 1. The van der Waals surface area contributed by atoms with Gasteiger partial charge in [0.1, 0.15) is 5.75 Å². The van der Waals surface area contributed by atoms with Crippen LogP contribution in [0, 0.1) is 0 Å². The normalized spacial score (nSPS) is 20.3. The van der Waals surface area contributed by atoms with Crippen molar-refractivity contribution in [3.05, 3.63) is 29.3 Å². The van der Waals surface area contributed by atoms with E-state index in [2.05, 4.69) is 12.2 Å². The molecule has 2 unspecified atom stereocenters. The molecule has 120 valence electrons. The van der Waals surface area contributed by atoms with Gasteiger partial charge in [-0.3, -0.25) is 9.59 Å². The highest BCUT2D eigenvalue weighted by Gasteiger charge is 2.32. The fraction of sp³-hybridized carbons (Fsp3) is 0.529. The second-order valence-electron chi connectivity index (χ2n) is 5.72.